The van der Waals surface area contributed by atoms with E-state index in [2.05, 4.69) is 24.0 Å². The average Bonchev–Trinajstić information content (AvgIpc) is 2.55. The summed E-state index contributed by atoms with van der Waals surface area (Å²) in [5.74, 6) is 1.49. The van der Waals surface area contributed by atoms with Crippen molar-refractivity contribution in [1.82, 2.24) is 4.98 Å². The fourth-order valence-corrected chi connectivity index (χ4v) is 3.42. The molecule has 2 heteroatoms. The van der Waals surface area contributed by atoms with Gasteiger partial charge in [-0.25, -0.2) is 0 Å². The summed E-state index contributed by atoms with van der Waals surface area (Å²) in [4.78, 5) is 17.1. The van der Waals surface area contributed by atoms with E-state index in [9.17, 15) is 4.79 Å². The topological polar surface area (TPSA) is 30.0 Å². The van der Waals surface area contributed by atoms with Crippen LogP contribution in [0.5, 0.6) is 0 Å². The predicted molar refractivity (Wildman–Crippen MR) is 86.2 cm³/mol. The predicted octanol–water partition coefficient (Wildman–Crippen LogP) is 4.56. The van der Waals surface area contributed by atoms with Gasteiger partial charge >= 0.3 is 0 Å². The van der Waals surface area contributed by atoms with Crippen molar-refractivity contribution < 1.29 is 4.79 Å². The first-order valence-electron chi connectivity index (χ1n) is 8.13. The second kappa shape index (κ2) is 6.38. The van der Waals surface area contributed by atoms with E-state index in [1.54, 1.807) is 0 Å². The van der Waals surface area contributed by atoms with Crippen LogP contribution in [-0.2, 0) is 11.2 Å². The minimum atomic E-state index is 0.265. The van der Waals surface area contributed by atoms with Crippen molar-refractivity contribution in [1.29, 1.82) is 0 Å². The zero-order valence-corrected chi connectivity index (χ0v) is 12.7. The number of nitrogens with zero attached hydrogens (tertiary/aromatic N) is 1. The Morgan fingerprint density at radius 3 is 2.62 bits per heavy atom. The lowest BCUT2D eigenvalue weighted by Crippen LogP contribution is -2.23. The highest BCUT2D eigenvalue weighted by molar-refractivity contribution is 5.84. The van der Waals surface area contributed by atoms with Gasteiger partial charge in [-0.15, -0.1) is 0 Å². The number of rotatable bonds is 4. The summed E-state index contributed by atoms with van der Waals surface area (Å²) >= 11 is 0. The van der Waals surface area contributed by atoms with Crippen LogP contribution in [0.25, 0.3) is 10.9 Å². The summed E-state index contributed by atoms with van der Waals surface area (Å²) in [5, 5.41) is 1.14. The van der Waals surface area contributed by atoms with Crippen molar-refractivity contribution in [3.8, 4) is 0 Å². The molecule has 0 unspecified atom stereocenters. The molecule has 0 N–H and O–H groups in total. The van der Waals surface area contributed by atoms with E-state index >= 15 is 0 Å². The van der Waals surface area contributed by atoms with E-state index in [0.717, 1.165) is 35.4 Å². The molecule has 0 amide bonds. The fraction of sp³-hybridized carbons (Fsp3) is 0.474. The minimum absolute atomic E-state index is 0.265. The van der Waals surface area contributed by atoms with E-state index in [-0.39, 0.29) is 5.92 Å². The highest BCUT2D eigenvalue weighted by atomic mass is 16.1. The molecule has 0 bridgehead atoms. The lowest BCUT2D eigenvalue weighted by atomic mass is 9.78. The van der Waals surface area contributed by atoms with Crippen LogP contribution in [0.15, 0.2) is 36.4 Å². The van der Waals surface area contributed by atoms with Gasteiger partial charge in [-0.1, -0.05) is 37.6 Å². The van der Waals surface area contributed by atoms with Gasteiger partial charge < -0.3 is 0 Å². The Morgan fingerprint density at radius 2 is 1.86 bits per heavy atom. The van der Waals surface area contributed by atoms with Crippen molar-refractivity contribution >= 4 is 16.7 Å². The normalized spacial score (nSPS) is 22.3. The van der Waals surface area contributed by atoms with Gasteiger partial charge in [0.05, 0.1) is 5.52 Å². The summed E-state index contributed by atoms with van der Waals surface area (Å²) in [6, 6.07) is 12.1. The summed E-state index contributed by atoms with van der Waals surface area (Å²) < 4.78 is 0. The maximum Gasteiger partial charge on any atom is 0.141 e. The van der Waals surface area contributed by atoms with Gasteiger partial charge in [0.25, 0.3) is 0 Å². The number of carbonyl (C=O) groups is 1. The van der Waals surface area contributed by atoms with E-state index in [0.29, 0.717) is 12.2 Å². The van der Waals surface area contributed by atoms with Crippen molar-refractivity contribution in [2.24, 2.45) is 11.8 Å². The second-order valence-corrected chi connectivity index (χ2v) is 6.26. The molecule has 1 heterocycles. The average molecular weight is 281 g/mol. The maximum absolute atomic E-state index is 12.5. The number of hydrogen-bond acceptors (Lipinski definition) is 2. The van der Waals surface area contributed by atoms with Gasteiger partial charge in [-0.2, -0.15) is 0 Å². The van der Waals surface area contributed by atoms with Crippen LogP contribution in [0, 0.1) is 11.8 Å². The molecule has 21 heavy (non-hydrogen) atoms. The van der Waals surface area contributed by atoms with Crippen molar-refractivity contribution in [3.63, 3.8) is 0 Å². The quantitative estimate of drug-likeness (QED) is 0.822. The summed E-state index contributed by atoms with van der Waals surface area (Å²) in [6.07, 6.45) is 6.34. The lowest BCUT2D eigenvalue weighted by Gasteiger charge is -2.26. The third-order valence-electron chi connectivity index (χ3n) is 4.89. The fourth-order valence-electron chi connectivity index (χ4n) is 3.42. The molecule has 1 aromatic heterocycles. The Hall–Kier alpha value is -1.70. The van der Waals surface area contributed by atoms with Crippen LogP contribution >= 0.6 is 0 Å². The Morgan fingerprint density at radius 1 is 1.10 bits per heavy atom. The molecule has 0 atom stereocenters. The first-order valence-corrected chi connectivity index (χ1v) is 8.13. The highest BCUT2D eigenvalue weighted by Crippen LogP contribution is 2.31. The number of pyridine rings is 1. The number of fused-ring (bicyclic) bond motifs is 1. The molecule has 0 aliphatic heterocycles. The van der Waals surface area contributed by atoms with Gasteiger partial charge in [0.15, 0.2) is 0 Å². The molecule has 0 spiro atoms. The molecule has 0 saturated heterocycles. The van der Waals surface area contributed by atoms with Crippen molar-refractivity contribution in [2.75, 3.05) is 0 Å². The molecule has 2 nitrogen and oxygen atoms in total. The number of aromatic nitrogens is 1. The van der Waals surface area contributed by atoms with E-state index in [4.69, 9.17) is 0 Å². The van der Waals surface area contributed by atoms with Crippen LogP contribution in [0.3, 0.4) is 0 Å². The van der Waals surface area contributed by atoms with Gasteiger partial charge in [-0.05, 0) is 43.7 Å². The Balaban J connectivity index is 1.66. The first kappa shape index (κ1) is 14.2. The van der Waals surface area contributed by atoms with E-state index in [1.165, 1.54) is 19.3 Å². The third-order valence-corrected chi connectivity index (χ3v) is 4.89. The molecule has 1 aliphatic rings. The zero-order valence-electron chi connectivity index (χ0n) is 12.7. The smallest absolute Gasteiger partial charge is 0.141 e. The van der Waals surface area contributed by atoms with Crippen LogP contribution in [0.2, 0.25) is 0 Å². The SMILES string of the molecule is CCC1CCC(C(=O)Cc2ccc3ccccc3n2)CC1. The Labute approximate surface area is 126 Å². The summed E-state index contributed by atoms with van der Waals surface area (Å²) in [6.45, 7) is 2.26. The molecule has 1 aliphatic carbocycles. The second-order valence-electron chi connectivity index (χ2n) is 6.26. The number of hydrogen-bond donors (Lipinski definition) is 0. The summed E-state index contributed by atoms with van der Waals surface area (Å²) in [5.41, 5.74) is 1.90. The number of benzene rings is 1. The maximum atomic E-state index is 12.5. The molecule has 0 radical (unpaired) electrons. The van der Waals surface area contributed by atoms with Gasteiger partial charge in [-0.3, -0.25) is 9.78 Å². The van der Waals surface area contributed by atoms with Crippen LogP contribution < -0.4 is 0 Å². The monoisotopic (exact) mass is 281 g/mol. The molecule has 1 aromatic carbocycles. The zero-order chi connectivity index (χ0) is 14.7. The number of carbonyl (C=O) groups excluding carboxylic acids is 1. The minimum Gasteiger partial charge on any atom is -0.299 e. The standard InChI is InChI=1S/C19H23NO/c1-2-14-7-9-16(10-8-14)19(21)13-17-12-11-15-5-3-4-6-18(15)20-17/h3-6,11-12,14,16H,2,7-10,13H2,1H3. The van der Waals surface area contributed by atoms with Gasteiger partial charge in [0.2, 0.25) is 0 Å². The summed E-state index contributed by atoms with van der Waals surface area (Å²) in [7, 11) is 0. The van der Waals surface area contributed by atoms with Crippen LogP contribution in [-0.4, -0.2) is 10.8 Å². The van der Waals surface area contributed by atoms with Crippen molar-refractivity contribution in [2.45, 2.75) is 45.4 Å². The molecule has 1 fully saturated rings. The van der Waals surface area contributed by atoms with Gasteiger partial charge in [0.1, 0.15) is 5.78 Å². The first-order chi connectivity index (χ1) is 10.3. The highest BCUT2D eigenvalue weighted by Gasteiger charge is 2.25. The Kier molecular flexibility index (Phi) is 4.33. The number of Topliss-reactive ketones (excluding diaryl/α,β-unsaturated/α-hetero) is 1. The molecule has 110 valence electrons. The van der Waals surface area contributed by atoms with Crippen molar-refractivity contribution in [3.05, 3.63) is 42.1 Å². The number of para-hydroxylation sites is 1. The largest absolute Gasteiger partial charge is 0.299 e. The van der Waals surface area contributed by atoms with E-state index < -0.39 is 0 Å². The molecular weight excluding hydrogens is 258 g/mol. The van der Waals surface area contributed by atoms with Crippen LogP contribution in [0.4, 0.5) is 0 Å². The third kappa shape index (κ3) is 3.31. The molecule has 2 aromatic rings. The number of ketones is 1. The molecular formula is C19H23NO. The lowest BCUT2D eigenvalue weighted by molar-refractivity contribution is -0.123. The van der Waals surface area contributed by atoms with E-state index in [1.807, 2.05) is 24.3 Å². The van der Waals surface area contributed by atoms with Gasteiger partial charge in [0, 0.05) is 23.4 Å². The van der Waals surface area contributed by atoms with Crippen LogP contribution in [0.1, 0.15) is 44.7 Å². The Bertz CT molecular complexity index is 626. The molecule has 1 saturated carbocycles. The molecule has 3 rings (SSSR count).